The Balaban J connectivity index is 2.05. The molecule has 0 bridgehead atoms. The smallest absolute Gasteiger partial charge is 0.264 e. The van der Waals surface area contributed by atoms with Gasteiger partial charge in [0.15, 0.2) is 0 Å². The molecule has 2 atom stereocenters. The number of nitrogens with one attached hydrogen (secondary N) is 1. The molecule has 0 heterocycles. The van der Waals surface area contributed by atoms with Crippen LogP contribution < -0.4 is 19.1 Å². The Morgan fingerprint density at radius 1 is 0.875 bits per heavy atom. The van der Waals surface area contributed by atoms with Crippen molar-refractivity contribution in [3.05, 3.63) is 84.4 Å². The van der Waals surface area contributed by atoms with Crippen LogP contribution in [0.4, 0.5) is 5.69 Å². The average molecular weight is 568 g/mol. The van der Waals surface area contributed by atoms with E-state index in [2.05, 4.69) is 5.32 Å². The number of anilines is 1. The van der Waals surface area contributed by atoms with Crippen molar-refractivity contribution >= 4 is 27.5 Å². The second-order valence-corrected chi connectivity index (χ2v) is 11.2. The lowest BCUT2D eigenvalue weighted by Crippen LogP contribution is -2.52. The summed E-state index contributed by atoms with van der Waals surface area (Å²) in [6.45, 7) is 5.06. The number of ether oxygens (including phenoxy) is 2. The zero-order chi connectivity index (χ0) is 29.3. The molecule has 0 aliphatic carbocycles. The first-order chi connectivity index (χ1) is 19.1. The molecule has 3 aromatic rings. The predicted octanol–water partition coefficient (Wildman–Crippen LogP) is 4.23. The van der Waals surface area contributed by atoms with Crippen LogP contribution in [0.2, 0.25) is 0 Å². The monoisotopic (exact) mass is 567 g/mol. The van der Waals surface area contributed by atoms with Gasteiger partial charge in [-0.2, -0.15) is 0 Å². The van der Waals surface area contributed by atoms with Crippen molar-refractivity contribution in [1.82, 2.24) is 10.2 Å². The summed E-state index contributed by atoms with van der Waals surface area (Å²) in [5.74, 6) is -0.0854. The van der Waals surface area contributed by atoms with Gasteiger partial charge in [0.1, 0.15) is 24.1 Å². The van der Waals surface area contributed by atoms with Crippen LogP contribution in [0.15, 0.2) is 83.8 Å². The third kappa shape index (κ3) is 7.32. The van der Waals surface area contributed by atoms with Crippen LogP contribution in [-0.2, 0) is 26.2 Å². The molecule has 0 saturated carbocycles. The van der Waals surface area contributed by atoms with Gasteiger partial charge in [0.25, 0.3) is 10.0 Å². The van der Waals surface area contributed by atoms with E-state index < -0.39 is 28.5 Å². The molecule has 0 unspecified atom stereocenters. The predicted molar refractivity (Wildman–Crippen MR) is 155 cm³/mol. The van der Waals surface area contributed by atoms with Crippen LogP contribution in [0.3, 0.4) is 0 Å². The first kappa shape index (κ1) is 30.5. The molecule has 2 amide bonds. The van der Waals surface area contributed by atoms with Gasteiger partial charge in [-0.15, -0.1) is 0 Å². The molecule has 214 valence electrons. The summed E-state index contributed by atoms with van der Waals surface area (Å²) < 4.78 is 39.6. The van der Waals surface area contributed by atoms with Gasteiger partial charge in [0.05, 0.1) is 24.8 Å². The van der Waals surface area contributed by atoms with Crippen LogP contribution in [0.25, 0.3) is 0 Å². The summed E-state index contributed by atoms with van der Waals surface area (Å²) in [7, 11) is -1.31. The summed E-state index contributed by atoms with van der Waals surface area (Å²) in [5, 5.41) is 2.92. The first-order valence-corrected chi connectivity index (χ1v) is 14.5. The van der Waals surface area contributed by atoms with E-state index in [0.29, 0.717) is 5.75 Å². The Morgan fingerprint density at radius 2 is 1.50 bits per heavy atom. The van der Waals surface area contributed by atoms with Crippen molar-refractivity contribution in [3.63, 3.8) is 0 Å². The minimum atomic E-state index is -4.23. The number of nitrogens with zero attached hydrogens (tertiary/aromatic N) is 2. The molecular weight excluding hydrogens is 530 g/mol. The van der Waals surface area contributed by atoms with E-state index in [1.54, 1.807) is 31.2 Å². The molecule has 0 aliphatic rings. The lowest BCUT2D eigenvalue weighted by atomic mass is 10.1. The SMILES string of the molecule is CC[C@@H](C)NC(=O)[C@H](C)N(Cc1ccccc1)C(=O)CN(c1ccccc1OC)S(=O)(=O)c1ccc(OC)cc1. The second kappa shape index (κ2) is 13.8. The highest BCUT2D eigenvalue weighted by atomic mass is 32.2. The van der Waals surface area contributed by atoms with Crippen molar-refractivity contribution < 1.29 is 27.5 Å². The zero-order valence-corrected chi connectivity index (χ0v) is 24.4. The molecule has 9 nitrogen and oxygen atoms in total. The molecule has 0 spiro atoms. The number of hydrogen-bond donors (Lipinski definition) is 1. The summed E-state index contributed by atoms with van der Waals surface area (Å²) in [5.41, 5.74) is 1.01. The Bertz CT molecular complexity index is 1380. The summed E-state index contributed by atoms with van der Waals surface area (Å²) in [6, 6.07) is 20.8. The Kier molecular flexibility index (Phi) is 10.6. The fraction of sp³-hybridized carbons (Fsp3) is 0.333. The van der Waals surface area contributed by atoms with E-state index in [1.807, 2.05) is 44.2 Å². The summed E-state index contributed by atoms with van der Waals surface area (Å²) in [4.78, 5) is 28.5. The number of para-hydroxylation sites is 2. The minimum absolute atomic E-state index is 0.0239. The lowest BCUT2D eigenvalue weighted by molar-refractivity contribution is -0.139. The highest BCUT2D eigenvalue weighted by Crippen LogP contribution is 2.33. The lowest BCUT2D eigenvalue weighted by Gasteiger charge is -2.32. The van der Waals surface area contributed by atoms with Gasteiger partial charge < -0.3 is 19.7 Å². The van der Waals surface area contributed by atoms with Gasteiger partial charge in [-0.25, -0.2) is 8.42 Å². The minimum Gasteiger partial charge on any atom is -0.497 e. The molecule has 3 aromatic carbocycles. The first-order valence-electron chi connectivity index (χ1n) is 13.1. The molecule has 0 aromatic heterocycles. The van der Waals surface area contributed by atoms with Crippen molar-refractivity contribution in [1.29, 1.82) is 0 Å². The number of benzene rings is 3. The van der Waals surface area contributed by atoms with Crippen LogP contribution in [0, 0.1) is 0 Å². The average Bonchev–Trinajstić information content (AvgIpc) is 2.98. The van der Waals surface area contributed by atoms with E-state index in [4.69, 9.17) is 9.47 Å². The molecule has 0 saturated heterocycles. The number of hydrogen-bond acceptors (Lipinski definition) is 6. The molecule has 0 aliphatic heterocycles. The third-order valence-corrected chi connectivity index (χ3v) is 8.42. The number of carbonyl (C=O) groups is 2. The molecular formula is C30H37N3O6S. The Morgan fingerprint density at radius 3 is 2.10 bits per heavy atom. The highest BCUT2D eigenvalue weighted by Gasteiger charge is 2.34. The van der Waals surface area contributed by atoms with Crippen molar-refractivity contribution in [3.8, 4) is 11.5 Å². The van der Waals surface area contributed by atoms with E-state index in [0.717, 1.165) is 16.3 Å². The van der Waals surface area contributed by atoms with Crippen LogP contribution in [0.1, 0.15) is 32.8 Å². The number of carbonyl (C=O) groups excluding carboxylic acids is 2. The van der Waals surface area contributed by atoms with E-state index >= 15 is 0 Å². The van der Waals surface area contributed by atoms with Crippen molar-refractivity contribution in [2.45, 2.75) is 50.7 Å². The maximum absolute atomic E-state index is 14.0. The van der Waals surface area contributed by atoms with Gasteiger partial charge in [0, 0.05) is 12.6 Å². The van der Waals surface area contributed by atoms with Gasteiger partial charge in [-0.1, -0.05) is 49.4 Å². The van der Waals surface area contributed by atoms with Crippen molar-refractivity contribution in [2.75, 3.05) is 25.1 Å². The summed E-state index contributed by atoms with van der Waals surface area (Å²) >= 11 is 0. The van der Waals surface area contributed by atoms with E-state index in [-0.39, 0.29) is 34.8 Å². The maximum Gasteiger partial charge on any atom is 0.264 e. The number of sulfonamides is 1. The largest absolute Gasteiger partial charge is 0.497 e. The quantitative estimate of drug-likeness (QED) is 0.332. The second-order valence-electron chi connectivity index (χ2n) is 9.36. The fourth-order valence-corrected chi connectivity index (χ4v) is 5.48. The molecule has 10 heteroatoms. The van der Waals surface area contributed by atoms with Gasteiger partial charge >= 0.3 is 0 Å². The van der Waals surface area contributed by atoms with Gasteiger partial charge in [0.2, 0.25) is 11.8 Å². The fourth-order valence-electron chi connectivity index (χ4n) is 4.05. The normalized spacial score (nSPS) is 12.6. The van der Waals surface area contributed by atoms with Gasteiger partial charge in [-0.3, -0.25) is 13.9 Å². The highest BCUT2D eigenvalue weighted by molar-refractivity contribution is 7.92. The van der Waals surface area contributed by atoms with Crippen LogP contribution >= 0.6 is 0 Å². The molecule has 0 fully saturated rings. The molecule has 3 rings (SSSR count). The maximum atomic E-state index is 14.0. The Hall–Kier alpha value is -4.05. The van der Waals surface area contributed by atoms with Gasteiger partial charge in [-0.05, 0) is 62.2 Å². The number of amides is 2. The zero-order valence-electron chi connectivity index (χ0n) is 23.5. The van der Waals surface area contributed by atoms with Crippen LogP contribution in [-0.4, -0.2) is 58.0 Å². The third-order valence-electron chi connectivity index (χ3n) is 6.64. The molecule has 0 radical (unpaired) electrons. The van der Waals surface area contributed by atoms with Crippen LogP contribution in [0.5, 0.6) is 11.5 Å². The van der Waals surface area contributed by atoms with E-state index in [9.17, 15) is 18.0 Å². The van der Waals surface area contributed by atoms with E-state index in [1.165, 1.54) is 43.4 Å². The molecule has 40 heavy (non-hydrogen) atoms. The summed E-state index contributed by atoms with van der Waals surface area (Å²) in [6.07, 6.45) is 0.729. The molecule has 1 N–H and O–H groups in total. The Labute approximate surface area is 236 Å². The topological polar surface area (TPSA) is 105 Å². The number of rotatable bonds is 13. The van der Waals surface area contributed by atoms with Crippen molar-refractivity contribution in [2.24, 2.45) is 0 Å². The standard InChI is InChI=1S/C30H37N3O6S/c1-6-22(2)31-30(35)23(3)32(20-24-12-8-7-9-13-24)29(34)21-33(27-14-10-11-15-28(27)39-5)40(36,37)26-18-16-25(38-4)17-19-26/h7-19,22-23H,6,20-21H2,1-5H3,(H,31,35)/t22-,23+/m1/s1. The number of methoxy groups -OCH3 is 2.